The molecule has 2 aromatic carbocycles. The number of ether oxygens (including phenoxy) is 1. The van der Waals surface area contributed by atoms with Crippen molar-refractivity contribution in [2.75, 3.05) is 26.0 Å². The van der Waals surface area contributed by atoms with Crippen molar-refractivity contribution in [2.24, 2.45) is 0 Å². The number of esters is 1. The molecule has 11 nitrogen and oxygen atoms in total. The van der Waals surface area contributed by atoms with Crippen LogP contribution in [0.3, 0.4) is 0 Å². The average Bonchev–Trinajstić information content (AvgIpc) is 3.88. The van der Waals surface area contributed by atoms with E-state index in [0.29, 0.717) is 28.8 Å². The van der Waals surface area contributed by atoms with Gasteiger partial charge in [0.15, 0.2) is 6.61 Å². The van der Waals surface area contributed by atoms with Gasteiger partial charge >= 0.3 is 35.5 Å². The van der Waals surface area contributed by atoms with Crippen LogP contribution < -0.4 is 40.3 Å². The molecule has 2 amide bonds. The molecular formula is C34H39ClN3NaO8S. The molecule has 4 rings (SSSR count). The van der Waals surface area contributed by atoms with E-state index in [2.05, 4.69) is 17.2 Å². The van der Waals surface area contributed by atoms with Crippen LogP contribution in [0.1, 0.15) is 80.3 Å². The van der Waals surface area contributed by atoms with Crippen molar-refractivity contribution in [3.63, 3.8) is 0 Å². The fourth-order valence-electron chi connectivity index (χ4n) is 4.92. The number of amides is 2. The Morgan fingerprint density at radius 3 is 2.44 bits per heavy atom. The number of aromatic nitrogens is 1. The first kappa shape index (κ1) is 39.3. The van der Waals surface area contributed by atoms with Crippen LogP contribution in [0.15, 0.2) is 53.5 Å². The standard InChI is InChI=1S/C34H38ClN3O8S.Na.H/c1-37(18-20-47(43,44)45)31(39)8-4-2-3-5-9-32(40)46-19-6-7-24-12-17-30-28(21-24)33(41)29(23-38(30)27-15-16-27)34(42)36-22-25-10-13-26(35)14-11-25;;/h10-14,17,21,23,27H,2-5,8-9,15-16,18-20,22H2,1H3,(H,36,42)(H,43,44,45);;/q;+1;-1. The van der Waals surface area contributed by atoms with Gasteiger partial charge in [0.2, 0.25) is 11.3 Å². The topological polar surface area (TPSA) is 152 Å². The molecule has 0 bridgehead atoms. The van der Waals surface area contributed by atoms with Crippen LogP contribution in [-0.4, -0.2) is 66.2 Å². The van der Waals surface area contributed by atoms with E-state index in [1.54, 1.807) is 30.5 Å². The Bertz CT molecular complexity index is 1860. The van der Waals surface area contributed by atoms with E-state index >= 15 is 0 Å². The number of rotatable bonds is 15. The van der Waals surface area contributed by atoms with Gasteiger partial charge in [-0.1, -0.05) is 48.4 Å². The van der Waals surface area contributed by atoms with Crippen molar-refractivity contribution in [1.82, 2.24) is 14.8 Å². The van der Waals surface area contributed by atoms with Gasteiger partial charge in [0, 0.05) is 61.2 Å². The van der Waals surface area contributed by atoms with Crippen molar-refractivity contribution in [2.45, 2.75) is 64.0 Å². The van der Waals surface area contributed by atoms with Crippen LogP contribution in [0.2, 0.25) is 5.02 Å². The zero-order valence-corrected chi connectivity index (χ0v) is 30.7. The van der Waals surface area contributed by atoms with E-state index < -0.39 is 21.8 Å². The van der Waals surface area contributed by atoms with Gasteiger partial charge in [-0.25, -0.2) is 0 Å². The average molecular weight is 708 g/mol. The number of unbranched alkanes of at least 4 members (excludes halogenated alkanes) is 3. The van der Waals surface area contributed by atoms with Gasteiger partial charge in [-0.15, -0.1) is 0 Å². The maximum Gasteiger partial charge on any atom is 1.00 e. The summed E-state index contributed by atoms with van der Waals surface area (Å²) >= 11 is 5.94. The number of pyridine rings is 1. The Hall–Kier alpha value is -3.18. The van der Waals surface area contributed by atoms with Crippen molar-refractivity contribution < 1.29 is 63.1 Å². The van der Waals surface area contributed by atoms with E-state index in [1.807, 2.05) is 22.8 Å². The van der Waals surface area contributed by atoms with E-state index in [0.717, 1.165) is 36.8 Å². The molecule has 48 heavy (non-hydrogen) atoms. The first-order chi connectivity index (χ1) is 22.4. The molecule has 1 aromatic heterocycles. The molecule has 14 heteroatoms. The molecular weight excluding hydrogens is 669 g/mol. The molecule has 3 aromatic rings. The molecule has 0 radical (unpaired) electrons. The molecule has 0 spiro atoms. The summed E-state index contributed by atoms with van der Waals surface area (Å²) in [5, 5.41) is 3.82. The predicted octanol–water partition coefficient (Wildman–Crippen LogP) is 1.62. The normalized spacial score (nSPS) is 12.4. The quantitative estimate of drug-likeness (QED) is 0.0796. The van der Waals surface area contributed by atoms with Crippen molar-refractivity contribution in [1.29, 1.82) is 0 Å². The molecule has 1 heterocycles. The summed E-state index contributed by atoms with van der Waals surface area (Å²) < 4.78 is 37.6. The van der Waals surface area contributed by atoms with Gasteiger partial charge in [0.25, 0.3) is 16.0 Å². The number of halogens is 1. The fourth-order valence-corrected chi connectivity index (χ4v) is 5.55. The summed E-state index contributed by atoms with van der Waals surface area (Å²) in [4.78, 5) is 51.9. The fraction of sp³-hybridized carbons (Fsp3) is 0.412. The molecule has 0 atom stereocenters. The zero-order chi connectivity index (χ0) is 34.0. The molecule has 1 aliphatic rings. The van der Waals surface area contributed by atoms with Crippen LogP contribution in [-0.2, 0) is 31.0 Å². The Labute approximate surface area is 308 Å². The Morgan fingerprint density at radius 1 is 1.08 bits per heavy atom. The maximum absolute atomic E-state index is 13.4. The first-order valence-electron chi connectivity index (χ1n) is 15.5. The van der Waals surface area contributed by atoms with Crippen LogP contribution >= 0.6 is 11.6 Å². The Morgan fingerprint density at radius 2 is 1.77 bits per heavy atom. The second-order valence-electron chi connectivity index (χ2n) is 11.5. The summed E-state index contributed by atoms with van der Waals surface area (Å²) in [6, 6.07) is 12.6. The maximum atomic E-state index is 13.4. The van der Waals surface area contributed by atoms with Crippen molar-refractivity contribution >= 4 is 50.4 Å². The summed E-state index contributed by atoms with van der Waals surface area (Å²) in [6.07, 6.45) is 6.68. The minimum Gasteiger partial charge on any atom is -1.00 e. The summed E-state index contributed by atoms with van der Waals surface area (Å²) in [5.41, 5.74) is 1.83. The number of nitrogens with one attached hydrogen (secondary N) is 1. The molecule has 2 N–H and O–H groups in total. The van der Waals surface area contributed by atoms with Gasteiger partial charge in [0.05, 0.1) is 11.3 Å². The number of carbonyl (C=O) groups excluding carboxylic acids is 3. The third-order valence-electron chi connectivity index (χ3n) is 7.75. The van der Waals surface area contributed by atoms with E-state index in [-0.39, 0.29) is 92.4 Å². The number of benzene rings is 2. The van der Waals surface area contributed by atoms with E-state index in [4.69, 9.17) is 20.9 Å². The van der Waals surface area contributed by atoms with Crippen LogP contribution in [0.4, 0.5) is 0 Å². The second-order valence-corrected chi connectivity index (χ2v) is 13.5. The van der Waals surface area contributed by atoms with Gasteiger partial charge in [0.1, 0.15) is 5.56 Å². The van der Waals surface area contributed by atoms with Crippen molar-refractivity contribution in [3.8, 4) is 11.8 Å². The molecule has 0 unspecified atom stereocenters. The molecule has 1 saturated carbocycles. The number of nitrogens with zero attached hydrogens (tertiary/aromatic N) is 2. The third-order valence-corrected chi connectivity index (χ3v) is 8.70. The summed E-state index contributed by atoms with van der Waals surface area (Å²) in [6.45, 7) is 0.0736. The number of carbonyl (C=O) groups is 3. The zero-order valence-electron chi connectivity index (χ0n) is 28.2. The summed E-state index contributed by atoms with van der Waals surface area (Å²) in [5.74, 6) is 4.19. The van der Waals surface area contributed by atoms with Crippen LogP contribution in [0.5, 0.6) is 0 Å². The molecule has 0 saturated heterocycles. The number of hydrogen-bond donors (Lipinski definition) is 2. The second kappa shape index (κ2) is 18.5. The van der Waals surface area contributed by atoms with E-state index in [1.165, 1.54) is 11.9 Å². The monoisotopic (exact) mass is 707 g/mol. The van der Waals surface area contributed by atoms with Gasteiger partial charge in [-0.05, 0) is 61.6 Å². The Balaban J connectivity index is 0.00000417. The molecule has 0 aliphatic heterocycles. The molecule has 1 fully saturated rings. The Kier molecular flexibility index (Phi) is 15.2. The van der Waals surface area contributed by atoms with Gasteiger partial charge in [-0.2, -0.15) is 8.42 Å². The van der Waals surface area contributed by atoms with Crippen molar-refractivity contribution in [3.05, 3.63) is 80.6 Å². The largest absolute Gasteiger partial charge is 1.00 e. The first-order valence-corrected chi connectivity index (χ1v) is 17.4. The number of hydrogen-bond acceptors (Lipinski definition) is 7. The molecule has 252 valence electrons. The van der Waals surface area contributed by atoms with Gasteiger partial charge < -0.3 is 20.9 Å². The molecule has 1 aliphatic carbocycles. The van der Waals surface area contributed by atoms with Gasteiger partial charge in [-0.3, -0.25) is 23.7 Å². The minimum absolute atomic E-state index is 0. The predicted molar refractivity (Wildman–Crippen MR) is 180 cm³/mol. The number of fused-ring (bicyclic) bond motifs is 1. The van der Waals surface area contributed by atoms with Crippen LogP contribution in [0.25, 0.3) is 10.9 Å². The third kappa shape index (κ3) is 12.4. The van der Waals surface area contributed by atoms with Crippen LogP contribution in [0, 0.1) is 11.8 Å². The summed E-state index contributed by atoms with van der Waals surface area (Å²) in [7, 11) is -2.63. The minimum atomic E-state index is -4.11. The van der Waals surface area contributed by atoms with E-state index in [9.17, 15) is 27.6 Å². The SMILES string of the molecule is CN(CCS(=O)(=O)O)C(=O)CCCCCCC(=O)OCC#Cc1ccc2c(c1)c(=O)c(C(=O)NCc1ccc(Cl)cc1)cn2C1CC1.[H-].[Na+]. The smallest absolute Gasteiger partial charge is 1.00 e.